The fraction of sp³-hybridized carbons (Fsp3) is 0.643. The van der Waals surface area contributed by atoms with Gasteiger partial charge in [0.05, 0.1) is 18.9 Å². The van der Waals surface area contributed by atoms with Gasteiger partial charge in [0, 0.05) is 12.1 Å². The highest BCUT2D eigenvalue weighted by Gasteiger charge is 2.43. The highest BCUT2D eigenvalue weighted by Crippen LogP contribution is 2.33. The quantitative estimate of drug-likeness (QED) is 0.831. The lowest BCUT2D eigenvalue weighted by Crippen LogP contribution is -2.53. The third-order valence-electron chi connectivity index (χ3n) is 3.77. The van der Waals surface area contributed by atoms with Gasteiger partial charge in [-0.1, -0.05) is 0 Å². The van der Waals surface area contributed by atoms with Crippen LogP contribution in [0, 0.1) is 0 Å². The minimum Gasteiger partial charge on any atom is -0.324 e. The summed E-state index contributed by atoms with van der Waals surface area (Å²) < 4.78 is 2.10. The molecule has 0 saturated heterocycles. The zero-order valence-corrected chi connectivity index (χ0v) is 12.7. The summed E-state index contributed by atoms with van der Waals surface area (Å²) in [7, 11) is 0. The van der Waals surface area contributed by atoms with E-state index in [0.29, 0.717) is 6.54 Å². The van der Waals surface area contributed by atoms with Crippen molar-refractivity contribution in [3.63, 3.8) is 0 Å². The summed E-state index contributed by atoms with van der Waals surface area (Å²) in [5.41, 5.74) is 0.970. The predicted octanol–water partition coefficient (Wildman–Crippen LogP) is 2.26. The van der Waals surface area contributed by atoms with Gasteiger partial charge < -0.3 is 4.57 Å². The first-order chi connectivity index (χ1) is 9.41. The standard InChI is InChI=1S/C14H21N5O/c1-8(2)18-7-15-12-11(18)13-16-10(5)6-17(13)14(20)19(12)9(3)4/h7-10H,6H2,1-5H3/t10-/m0/s1. The van der Waals surface area contributed by atoms with Crippen LogP contribution in [0.3, 0.4) is 0 Å². The molecule has 108 valence electrons. The molecular formula is C14H21N5O. The number of hydrogen-bond acceptors (Lipinski definition) is 3. The lowest BCUT2D eigenvalue weighted by molar-refractivity contribution is 0.225. The van der Waals surface area contributed by atoms with E-state index in [-0.39, 0.29) is 24.2 Å². The number of hydrogen-bond donors (Lipinski definition) is 0. The molecule has 1 atom stereocenters. The van der Waals surface area contributed by atoms with Crippen molar-refractivity contribution in [1.29, 1.82) is 0 Å². The van der Waals surface area contributed by atoms with Crippen molar-refractivity contribution in [3.05, 3.63) is 12.0 Å². The van der Waals surface area contributed by atoms with E-state index < -0.39 is 0 Å². The molecule has 1 aromatic heterocycles. The summed E-state index contributed by atoms with van der Waals surface area (Å²) >= 11 is 0. The summed E-state index contributed by atoms with van der Waals surface area (Å²) in [5, 5.41) is 0. The number of anilines is 1. The molecule has 2 amide bonds. The van der Waals surface area contributed by atoms with Crippen LogP contribution < -0.4 is 4.90 Å². The highest BCUT2D eigenvalue weighted by molar-refractivity contribution is 6.18. The smallest absolute Gasteiger partial charge is 0.324 e. The zero-order valence-electron chi connectivity index (χ0n) is 12.7. The molecule has 0 aromatic carbocycles. The number of nitrogens with zero attached hydrogens (tertiary/aromatic N) is 5. The number of amidine groups is 1. The lowest BCUT2D eigenvalue weighted by Gasteiger charge is -2.35. The van der Waals surface area contributed by atoms with Crippen molar-refractivity contribution in [2.24, 2.45) is 4.99 Å². The number of urea groups is 1. The number of aliphatic imine (C=N–C) groups is 1. The number of carbonyl (C=O) groups excluding carboxylic acids is 1. The summed E-state index contributed by atoms with van der Waals surface area (Å²) in [4.78, 5) is 25.3. The van der Waals surface area contributed by atoms with Gasteiger partial charge in [-0.3, -0.25) is 14.8 Å². The van der Waals surface area contributed by atoms with Crippen LogP contribution in [-0.2, 0) is 0 Å². The second-order valence-electron chi connectivity index (χ2n) is 6.08. The van der Waals surface area contributed by atoms with E-state index in [9.17, 15) is 4.79 Å². The van der Waals surface area contributed by atoms with Crippen molar-refractivity contribution in [3.8, 4) is 0 Å². The fourth-order valence-corrected chi connectivity index (χ4v) is 2.85. The zero-order chi connectivity index (χ0) is 14.6. The Balaban J connectivity index is 2.22. The highest BCUT2D eigenvalue weighted by atomic mass is 16.2. The van der Waals surface area contributed by atoms with Gasteiger partial charge in [0.1, 0.15) is 5.69 Å². The molecule has 2 aliphatic rings. The van der Waals surface area contributed by atoms with Gasteiger partial charge in [-0.2, -0.15) is 0 Å². The Bertz CT molecular complexity index is 586. The van der Waals surface area contributed by atoms with Gasteiger partial charge in [0.15, 0.2) is 11.7 Å². The molecule has 0 N–H and O–H groups in total. The first kappa shape index (κ1) is 13.1. The van der Waals surface area contributed by atoms with Gasteiger partial charge in [-0.15, -0.1) is 0 Å². The molecule has 3 rings (SSSR count). The Morgan fingerprint density at radius 1 is 1.25 bits per heavy atom. The second kappa shape index (κ2) is 4.33. The monoisotopic (exact) mass is 275 g/mol. The molecule has 6 nitrogen and oxygen atoms in total. The van der Waals surface area contributed by atoms with Crippen LogP contribution >= 0.6 is 0 Å². The van der Waals surface area contributed by atoms with E-state index >= 15 is 0 Å². The van der Waals surface area contributed by atoms with Gasteiger partial charge in [-0.05, 0) is 34.6 Å². The number of imidazole rings is 1. The Morgan fingerprint density at radius 3 is 2.55 bits per heavy atom. The summed E-state index contributed by atoms with van der Waals surface area (Å²) in [6.07, 6.45) is 1.81. The lowest BCUT2D eigenvalue weighted by atomic mass is 10.2. The number of carbonyl (C=O) groups is 1. The minimum atomic E-state index is -0.00962. The first-order valence-electron chi connectivity index (χ1n) is 7.17. The van der Waals surface area contributed by atoms with Gasteiger partial charge in [-0.25, -0.2) is 9.78 Å². The SMILES string of the molecule is CC(C)N1C(=O)N2C[C@H](C)N=C2c2c1ncn2C(C)C. The van der Waals surface area contributed by atoms with E-state index in [2.05, 4.69) is 28.4 Å². The minimum absolute atomic E-state index is 0.00962. The maximum absolute atomic E-state index is 12.7. The van der Waals surface area contributed by atoms with Crippen molar-refractivity contribution < 1.29 is 4.79 Å². The molecule has 1 aromatic rings. The molecule has 3 heterocycles. The molecule has 20 heavy (non-hydrogen) atoms. The summed E-state index contributed by atoms with van der Waals surface area (Å²) in [5.74, 6) is 1.52. The maximum atomic E-state index is 12.7. The van der Waals surface area contributed by atoms with Crippen molar-refractivity contribution in [1.82, 2.24) is 14.5 Å². The average molecular weight is 275 g/mol. The Kier molecular flexibility index (Phi) is 2.84. The molecule has 0 spiro atoms. The summed E-state index contributed by atoms with van der Waals surface area (Å²) in [6, 6.07) is 0.497. The molecule has 0 unspecified atom stereocenters. The molecule has 0 fully saturated rings. The predicted molar refractivity (Wildman–Crippen MR) is 78.3 cm³/mol. The van der Waals surface area contributed by atoms with Crippen molar-refractivity contribution >= 4 is 17.7 Å². The topological polar surface area (TPSA) is 53.7 Å². The van der Waals surface area contributed by atoms with E-state index in [0.717, 1.165) is 17.3 Å². The summed E-state index contributed by atoms with van der Waals surface area (Å²) in [6.45, 7) is 10.9. The van der Waals surface area contributed by atoms with E-state index in [1.807, 2.05) is 27.1 Å². The van der Waals surface area contributed by atoms with Crippen LogP contribution in [0.2, 0.25) is 0 Å². The Hall–Kier alpha value is -1.85. The van der Waals surface area contributed by atoms with E-state index in [4.69, 9.17) is 0 Å². The van der Waals surface area contributed by atoms with E-state index in [1.54, 1.807) is 9.80 Å². The average Bonchev–Trinajstić information content (AvgIpc) is 2.91. The van der Waals surface area contributed by atoms with Crippen LogP contribution in [0.1, 0.15) is 46.4 Å². The molecule has 0 radical (unpaired) electrons. The van der Waals surface area contributed by atoms with Gasteiger partial charge in [0.25, 0.3) is 0 Å². The van der Waals surface area contributed by atoms with Crippen molar-refractivity contribution in [2.75, 3.05) is 11.4 Å². The van der Waals surface area contributed by atoms with Crippen LogP contribution in [0.25, 0.3) is 0 Å². The van der Waals surface area contributed by atoms with Gasteiger partial charge in [0.2, 0.25) is 0 Å². The molecule has 0 bridgehead atoms. The number of amides is 2. The van der Waals surface area contributed by atoms with Crippen LogP contribution in [-0.4, -0.2) is 44.9 Å². The van der Waals surface area contributed by atoms with Gasteiger partial charge >= 0.3 is 6.03 Å². The maximum Gasteiger partial charge on any atom is 0.331 e. The molecule has 2 aliphatic heterocycles. The Morgan fingerprint density at radius 2 is 1.95 bits per heavy atom. The van der Waals surface area contributed by atoms with E-state index in [1.165, 1.54) is 0 Å². The number of rotatable bonds is 2. The second-order valence-corrected chi connectivity index (χ2v) is 6.08. The molecular weight excluding hydrogens is 254 g/mol. The first-order valence-corrected chi connectivity index (χ1v) is 7.17. The molecule has 0 saturated carbocycles. The fourth-order valence-electron chi connectivity index (χ4n) is 2.85. The number of aromatic nitrogens is 2. The normalized spacial score (nSPS) is 21.6. The Labute approximate surface area is 119 Å². The number of fused-ring (bicyclic) bond motifs is 3. The third-order valence-corrected chi connectivity index (χ3v) is 3.77. The molecule has 6 heteroatoms. The largest absolute Gasteiger partial charge is 0.331 e. The van der Waals surface area contributed by atoms with Crippen LogP contribution in [0.4, 0.5) is 10.6 Å². The van der Waals surface area contributed by atoms with Crippen LogP contribution in [0.5, 0.6) is 0 Å². The third kappa shape index (κ3) is 1.67. The van der Waals surface area contributed by atoms with Crippen molar-refractivity contribution in [2.45, 2.75) is 52.7 Å². The molecule has 0 aliphatic carbocycles. The van der Waals surface area contributed by atoms with Crippen LogP contribution in [0.15, 0.2) is 11.3 Å².